The first-order chi connectivity index (χ1) is 14.7. The Bertz CT molecular complexity index is 1230. The minimum atomic E-state index is -2.86. The maximum Gasteiger partial charge on any atom is 0.203 e. The third-order valence-electron chi connectivity index (χ3n) is 7.58. The first-order valence-electron chi connectivity index (χ1n) is 10.1. The topological polar surface area (TPSA) is 152 Å². The Morgan fingerprint density at radius 2 is 1.72 bits per heavy atom. The molecule has 32 heavy (non-hydrogen) atoms. The number of carbonyl (C=O) groups excluding carboxylic acids is 3. The molecular weight excluding hydrogens is 416 g/mol. The number of aromatic hydroxyl groups is 1. The van der Waals surface area contributed by atoms with E-state index in [2.05, 4.69) is 6.58 Å². The van der Waals surface area contributed by atoms with Crippen LogP contribution in [0.4, 0.5) is 0 Å². The summed E-state index contributed by atoms with van der Waals surface area (Å²) >= 11 is 0. The molecule has 3 aliphatic rings. The maximum absolute atomic E-state index is 13.8. The zero-order chi connectivity index (χ0) is 24.1. The van der Waals surface area contributed by atoms with Gasteiger partial charge in [0.15, 0.2) is 17.2 Å². The molecule has 0 bridgehead atoms. The van der Waals surface area contributed by atoms with Crippen LogP contribution in [-0.2, 0) is 14.4 Å². The Morgan fingerprint density at radius 1 is 1.12 bits per heavy atom. The molecule has 4 atom stereocenters. The van der Waals surface area contributed by atoms with Crippen LogP contribution < -0.4 is 0 Å². The number of ketones is 3. The Hall–Kier alpha value is -3.23. The molecule has 5 N–H and O–H groups in total. The van der Waals surface area contributed by atoms with E-state index in [0.717, 1.165) is 6.92 Å². The van der Waals surface area contributed by atoms with Crippen LogP contribution in [-0.4, -0.2) is 54.6 Å². The molecule has 1 saturated carbocycles. The first-order valence-corrected chi connectivity index (χ1v) is 10.1. The highest BCUT2D eigenvalue weighted by atomic mass is 16.4. The Morgan fingerprint density at radius 3 is 2.28 bits per heavy atom. The first kappa shape index (κ1) is 22.0. The minimum absolute atomic E-state index is 0.0858. The van der Waals surface area contributed by atoms with Crippen molar-refractivity contribution in [2.75, 3.05) is 0 Å². The van der Waals surface area contributed by atoms with Crippen LogP contribution >= 0.6 is 0 Å². The standard InChI is InChI=1S/C24H24O8/c1-9-6-7-12(26)16-14(9)10(2)23(5)17(18(16)28)20(30)24(32)19(29)15(11(3)25)13(27)8-22(24,4)21(23)31/h6-7,21,26,28-29,31-32H,2,8H2,1,3-5H3/t21-,22-,23-,24-/m0/s1. The van der Waals surface area contributed by atoms with Crippen molar-refractivity contribution in [2.24, 2.45) is 10.8 Å². The zero-order valence-electron chi connectivity index (χ0n) is 18.1. The Labute approximate surface area is 183 Å². The van der Waals surface area contributed by atoms with Gasteiger partial charge in [-0.05, 0) is 43.5 Å². The van der Waals surface area contributed by atoms with E-state index < -0.39 is 69.0 Å². The van der Waals surface area contributed by atoms with Gasteiger partial charge in [0.2, 0.25) is 5.78 Å². The molecule has 0 aromatic heterocycles. The fourth-order valence-electron chi connectivity index (χ4n) is 5.73. The predicted molar refractivity (Wildman–Crippen MR) is 114 cm³/mol. The second-order valence-corrected chi connectivity index (χ2v) is 9.30. The molecule has 0 unspecified atom stereocenters. The van der Waals surface area contributed by atoms with Crippen LogP contribution in [0.1, 0.15) is 43.9 Å². The lowest BCUT2D eigenvalue weighted by Crippen LogP contribution is -2.71. The molecule has 0 heterocycles. The average Bonchev–Trinajstić information content (AvgIpc) is 2.70. The van der Waals surface area contributed by atoms with Gasteiger partial charge < -0.3 is 25.5 Å². The summed E-state index contributed by atoms with van der Waals surface area (Å²) in [5.74, 6) is -5.01. The fourth-order valence-corrected chi connectivity index (χ4v) is 5.73. The molecule has 0 radical (unpaired) electrons. The van der Waals surface area contributed by atoms with Gasteiger partial charge >= 0.3 is 0 Å². The van der Waals surface area contributed by atoms with Gasteiger partial charge in [0, 0.05) is 11.8 Å². The van der Waals surface area contributed by atoms with Gasteiger partial charge in [-0.2, -0.15) is 0 Å². The van der Waals surface area contributed by atoms with Gasteiger partial charge in [0.05, 0.1) is 22.7 Å². The van der Waals surface area contributed by atoms with E-state index in [0.29, 0.717) is 11.1 Å². The highest BCUT2D eigenvalue weighted by molar-refractivity contribution is 6.24. The van der Waals surface area contributed by atoms with Crippen molar-refractivity contribution in [3.8, 4) is 5.75 Å². The minimum Gasteiger partial charge on any atom is -0.508 e. The van der Waals surface area contributed by atoms with E-state index in [1.54, 1.807) is 13.0 Å². The van der Waals surface area contributed by atoms with Crippen LogP contribution in [0.25, 0.3) is 11.3 Å². The molecule has 1 aromatic carbocycles. The summed E-state index contributed by atoms with van der Waals surface area (Å²) in [6, 6.07) is 2.92. The number of phenols is 1. The quantitative estimate of drug-likeness (QED) is 0.416. The molecule has 0 aliphatic heterocycles. The number of fused-ring (bicyclic) bond motifs is 3. The summed E-state index contributed by atoms with van der Waals surface area (Å²) in [4.78, 5) is 38.5. The molecule has 0 spiro atoms. The van der Waals surface area contributed by atoms with Gasteiger partial charge in [-0.25, -0.2) is 0 Å². The van der Waals surface area contributed by atoms with E-state index in [1.807, 2.05) is 0 Å². The number of benzene rings is 1. The van der Waals surface area contributed by atoms with Crippen molar-refractivity contribution in [3.63, 3.8) is 0 Å². The van der Waals surface area contributed by atoms with Crippen molar-refractivity contribution < 1.29 is 39.9 Å². The summed E-state index contributed by atoms with van der Waals surface area (Å²) in [7, 11) is 0. The van der Waals surface area contributed by atoms with Gasteiger partial charge in [-0.15, -0.1) is 0 Å². The number of Topliss-reactive ketones (excluding diaryl/α,β-unsaturated/α-hetero) is 3. The van der Waals surface area contributed by atoms with Crippen LogP contribution in [0.2, 0.25) is 0 Å². The van der Waals surface area contributed by atoms with Crippen molar-refractivity contribution in [2.45, 2.75) is 45.8 Å². The summed E-state index contributed by atoms with van der Waals surface area (Å²) in [6.45, 7) is 9.49. The Balaban J connectivity index is 2.16. The zero-order valence-corrected chi connectivity index (χ0v) is 18.1. The van der Waals surface area contributed by atoms with Crippen molar-refractivity contribution in [3.05, 3.63) is 52.3 Å². The second-order valence-electron chi connectivity index (χ2n) is 9.30. The van der Waals surface area contributed by atoms with Crippen molar-refractivity contribution in [1.29, 1.82) is 0 Å². The highest BCUT2D eigenvalue weighted by Gasteiger charge is 2.73. The van der Waals surface area contributed by atoms with Crippen LogP contribution in [0.3, 0.4) is 0 Å². The maximum atomic E-state index is 13.8. The normalized spacial score (nSPS) is 34.3. The molecule has 1 aromatic rings. The molecule has 0 saturated heterocycles. The van der Waals surface area contributed by atoms with E-state index >= 15 is 0 Å². The number of hydrogen-bond acceptors (Lipinski definition) is 8. The third kappa shape index (κ3) is 2.11. The van der Waals surface area contributed by atoms with Crippen LogP contribution in [0, 0.1) is 17.8 Å². The highest BCUT2D eigenvalue weighted by Crippen LogP contribution is 2.65. The monoisotopic (exact) mass is 440 g/mol. The number of aliphatic hydroxyl groups is 4. The fraction of sp³-hybridized carbons (Fsp3) is 0.375. The number of aryl methyl sites for hydroxylation is 1. The molecule has 1 fully saturated rings. The van der Waals surface area contributed by atoms with E-state index in [1.165, 1.54) is 19.9 Å². The SMILES string of the molecule is C=C1c2c(C)ccc(O)c2C(O)=C2C(=O)[C@@]3(O)C(O)=C(C(C)=O)C(=O)C[C@@]3(C)[C@H](O)[C@@]12C. The number of hydrogen-bond donors (Lipinski definition) is 5. The van der Waals surface area contributed by atoms with Crippen LogP contribution in [0.15, 0.2) is 35.6 Å². The summed E-state index contributed by atoms with van der Waals surface area (Å²) in [5.41, 5.74) is -6.58. The van der Waals surface area contributed by atoms with Gasteiger partial charge in [-0.1, -0.05) is 19.6 Å². The average molecular weight is 440 g/mol. The Kier molecular flexibility index (Phi) is 4.24. The number of rotatable bonds is 1. The van der Waals surface area contributed by atoms with E-state index in [9.17, 15) is 39.9 Å². The lowest BCUT2D eigenvalue weighted by Gasteiger charge is -2.59. The lowest BCUT2D eigenvalue weighted by atomic mass is 9.45. The predicted octanol–water partition coefficient (Wildman–Crippen LogP) is 2.06. The van der Waals surface area contributed by atoms with Crippen molar-refractivity contribution >= 4 is 28.7 Å². The smallest absolute Gasteiger partial charge is 0.203 e. The molecular formula is C24H24O8. The molecule has 8 nitrogen and oxygen atoms in total. The number of phenolic OH excluding ortho intramolecular Hbond substituents is 1. The number of carbonyl (C=O) groups is 3. The molecule has 0 amide bonds. The van der Waals surface area contributed by atoms with E-state index in [4.69, 9.17) is 0 Å². The second kappa shape index (κ2) is 6.17. The lowest BCUT2D eigenvalue weighted by molar-refractivity contribution is -0.188. The van der Waals surface area contributed by atoms with Gasteiger partial charge in [0.1, 0.15) is 22.8 Å². The molecule has 8 heteroatoms. The van der Waals surface area contributed by atoms with Crippen LogP contribution in [0.5, 0.6) is 5.75 Å². The molecule has 3 aliphatic carbocycles. The number of allylic oxidation sites excluding steroid dienone is 1. The summed E-state index contributed by atoms with van der Waals surface area (Å²) < 4.78 is 0. The third-order valence-corrected chi connectivity index (χ3v) is 7.58. The summed E-state index contributed by atoms with van der Waals surface area (Å²) in [6.07, 6.45) is -2.28. The van der Waals surface area contributed by atoms with Gasteiger partial charge in [0.25, 0.3) is 0 Å². The summed E-state index contributed by atoms with van der Waals surface area (Å²) in [5, 5.41) is 55.5. The largest absolute Gasteiger partial charge is 0.508 e. The number of aliphatic hydroxyl groups excluding tert-OH is 3. The van der Waals surface area contributed by atoms with Gasteiger partial charge in [-0.3, -0.25) is 14.4 Å². The van der Waals surface area contributed by atoms with E-state index in [-0.39, 0.29) is 16.9 Å². The molecule has 4 rings (SSSR count). The van der Waals surface area contributed by atoms with Crippen molar-refractivity contribution in [1.82, 2.24) is 0 Å². The molecule has 168 valence electrons.